The molecule has 10 heteroatoms. The summed E-state index contributed by atoms with van der Waals surface area (Å²) in [5.74, 6) is -0.703. The van der Waals surface area contributed by atoms with Crippen molar-refractivity contribution in [1.29, 1.82) is 0 Å². The number of rotatable bonds is 5. The predicted octanol–water partition coefficient (Wildman–Crippen LogP) is 2.36. The topological polar surface area (TPSA) is 85.3 Å². The minimum absolute atomic E-state index is 0.141. The van der Waals surface area contributed by atoms with Crippen LogP contribution in [0.1, 0.15) is 52.4 Å². The van der Waals surface area contributed by atoms with E-state index in [2.05, 4.69) is 0 Å². The van der Waals surface area contributed by atoms with E-state index in [4.69, 9.17) is 0 Å². The van der Waals surface area contributed by atoms with Crippen LogP contribution >= 0.6 is 0 Å². The molecule has 0 radical (unpaired) electrons. The Morgan fingerprint density at radius 2 is 1.82 bits per heavy atom. The van der Waals surface area contributed by atoms with Crippen molar-refractivity contribution in [3.05, 3.63) is 0 Å². The molecule has 0 amide bonds. The normalized spacial score (nSPS) is 29.5. The molecule has 0 N–H and O–H groups in total. The van der Waals surface area contributed by atoms with Crippen molar-refractivity contribution in [2.75, 3.05) is 0 Å². The monoisotopic (exact) mass is 364 g/mol. The van der Waals surface area contributed by atoms with Gasteiger partial charge in [-0.3, -0.25) is 4.79 Å². The van der Waals surface area contributed by atoms with E-state index in [9.17, 15) is 34.8 Å². The zero-order valence-electron chi connectivity index (χ0n) is 12.3. The summed E-state index contributed by atoms with van der Waals surface area (Å²) < 4.78 is 83.7. The highest BCUT2D eigenvalue weighted by Crippen LogP contribution is 2.45. The lowest BCUT2D eigenvalue weighted by atomic mass is 10.0. The lowest BCUT2D eigenvalue weighted by Gasteiger charge is -2.36. The fraction of sp³-hybridized carbons (Fsp3) is 0.917. The van der Waals surface area contributed by atoms with Crippen LogP contribution in [0.2, 0.25) is 0 Å². The summed E-state index contributed by atoms with van der Waals surface area (Å²) in [6, 6.07) is 0. The maximum absolute atomic E-state index is 12.8. The molecular formula is C12H19F3O5S2. The largest absolute Gasteiger partial charge is 0.498 e. The Kier molecular flexibility index (Phi) is 5.38. The molecule has 0 aliphatic carbocycles. The third-order valence-electron chi connectivity index (χ3n) is 4.10. The van der Waals surface area contributed by atoms with Crippen LogP contribution in [-0.4, -0.2) is 37.5 Å². The SMILES string of the molecule is CCCCC[C@H]1C(=O)CC[C@@](C)(S(=O)(=O)C(F)(F)F)S1(=O)=O. The first kappa shape index (κ1) is 19.4. The van der Waals surface area contributed by atoms with Gasteiger partial charge in [-0.05, 0) is 19.8 Å². The molecule has 1 fully saturated rings. The summed E-state index contributed by atoms with van der Waals surface area (Å²) in [7, 11) is -10.7. The van der Waals surface area contributed by atoms with Gasteiger partial charge in [-0.2, -0.15) is 13.2 Å². The van der Waals surface area contributed by atoms with Gasteiger partial charge in [0.15, 0.2) is 19.7 Å². The van der Waals surface area contributed by atoms with Gasteiger partial charge in [-0.25, -0.2) is 16.8 Å². The molecule has 0 aromatic carbocycles. The van der Waals surface area contributed by atoms with Gasteiger partial charge in [0.2, 0.25) is 0 Å². The lowest BCUT2D eigenvalue weighted by molar-refractivity contribution is -0.119. The second-order valence-corrected chi connectivity index (χ2v) is 10.8. The van der Waals surface area contributed by atoms with Crippen LogP contribution in [0.25, 0.3) is 0 Å². The van der Waals surface area contributed by atoms with Gasteiger partial charge >= 0.3 is 5.51 Å². The number of sulfone groups is 2. The number of carbonyl (C=O) groups excluding carboxylic acids is 1. The molecule has 0 aromatic rings. The van der Waals surface area contributed by atoms with Gasteiger partial charge in [-0.15, -0.1) is 0 Å². The molecule has 1 rings (SSSR count). The number of carbonyl (C=O) groups is 1. The minimum Gasteiger partial charge on any atom is -0.298 e. The summed E-state index contributed by atoms with van der Waals surface area (Å²) in [6.07, 6.45) is 0.204. The van der Waals surface area contributed by atoms with E-state index < -0.39 is 53.1 Å². The van der Waals surface area contributed by atoms with E-state index >= 15 is 0 Å². The van der Waals surface area contributed by atoms with E-state index in [1.165, 1.54) is 0 Å². The minimum atomic E-state index is -5.93. The quantitative estimate of drug-likeness (QED) is 0.699. The molecule has 0 saturated carbocycles. The Bertz CT molecular complexity index is 636. The molecule has 0 spiro atoms. The van der Waals surface area contributed by atoms with Gasteiger partial charge < -0.3 is 0 Å². The molecule has 2 atom stereocenters. The highest BCUT2D eigenvalue weighted by Gasteiger charge is 2.66. The smallest absolute Gasteiger partial charge is 0.298 e. The number of halogens is 3. The Morgan fingerprint density at radius 1 is 1.27 bits per heavy atom. The van der Waals surface area contributed by atoms with Crippen molar-refractivity contribution in [1.82, 2.24) is 0 Å². The average molecular weight is 364 g/mol. The molecule has 5 nitrogen and oxygen atoms in total. The lowest BCUT2D eigenvalue weighted by Crippen LogP contribution is -2.57. The second kappa shape index (κ2) is 6.10. The summed E-state index contributed by atoms with van der Waals surface area (Å²) >= 11 is 0. The van der Waals surface area contributed by atoms with Crippen LogP contribution < -0.4 is 0 Å². The van der Waals surface area contributed by atoms with E-state index in [0.717, 1.165) is 6.42 Å². The third kappa shape index (κ3) is 2.91. The summed E-state index contributed by atoms with van der Waals surface area (Å²) in [4.78, 5) is 11.8. The van der Waals surface area contributed by atoms with E-state index in [-0.39, 0.29) is 6.42 Å². The molecule has 0 bridgehead atoms. The summed E-state index contributed by atoms with van der Waals surface area (Å²) in [6.45, 7) is 2.40. The molecule has 1 aliphatic rings. The average Bonchev–Trinajstić information content (AvgIpc) is 2.37. The van der Waals surface area contributed by atoms with Gasteiger partial charge in [0.05, 0.1) is 0 Å². The maximum atomic E-state index is 12.8. The number of ketones is 1. The Balaban J connectivity index is 3.32. The van der Waals surface area contributed by atoms with Crippen LogP contribution in [0.5, 0.6) is 0 Å². The summed E-state index contributed by atoms with van der Waals surface area (Å²) in [5, 5.41) is -1.67. The molecular weight excluding hydrogens is 345 g/mol. The molecule has 22 heavy (non-hydrogen) atoms. The molecule has 1 saturated heterocycles. The van der Waals surface area contributed by atoms with E-state index in [1.807, 2.05) is 6.92 Å². The van der Waals surface area contributed by atoms with E-state index in [1.54, 1.807) is 0 Å². The first-order valence-corrected chi connectivity index (χ1v) is 9.93. The molecule has 0 unspecified atom stereocenters. The van der Waals surface area contributed by atoms with Crippen LogP contribution in [0.15, 0.2) is 0 Å². The number of alkyl halides is 3. The fourth-order valence-corrected chi connectivity index (χ4v) is 7.20. The Labute approximate surface area is 128 Å². The number of hydrogen-bond donors (Lipinski definition) is 0. The van der Waals surface area contributed by atoms with Crippen LogP contribution in [0.4, 0.5) is 13.2 Å². The highest BCUT2D eigenvalue weighted by molar-refractivity contribution is 8.11. The summed E-state index contributed by atoms with van der Waals surface area (Å²) in [5.41, 5.74) is -5.68. The highest BCUT2D eigenvalue weighted by atomic mass is 32.3. The molecule has 0 aromatic heterocycles. The van der Waals surface area contributed by atoms with Gasteiger partial charge in [-0.1, -0.05) is 26.2 Å². The van der Waals surface area contributed by atoms with Crippen molar-refractivity contribution in [3.63, 3.8) is 0 Å². The zero-order chi connectivity index (χ0) is 17.4. The first-order valence-electron chi connectivity index (χ1n) is 6.90. The van der Waals surface area contributed by atoms with Gasteiger partial charge in [0.25, 0.3) is 9.84 Å². The standard InChI is InChI=1S/C12H19F3O5S2/c1-3-4-5-6-10-9(16)7-8-11(2,21(10,17)18)22(19,20)12(13,14)15/h10H,3-8H2,1-2H3/t10-,11+/m0/s1. The molecule has 1 heterocycles. The van der Waals surface area contributed by atoms with Crippen molar-refractivity contribution in [2.24, 2.45) is 0 Å². The zero-order valence-corrected chi connectivity index (χ0v) is 13.9. The van der Waals surface area contributed by atoms with Crippen LogP contribution in [0.3, 0.4) is 0 Å². The number of unbranched alkanes of at least 4 members (excludes halogenated alkanes) is 2. The van der Waals surface area contributed by atoms with Crippen molar-refractivity contribution in [3.8, 4) is 0 Å². The number of hydrogen-bond acceptors (Lipinski definition) is 5. The fourth-order valence-electron chi connectivity index (χ4n) is 2.56. The first-order chi connectivity index (χ1) is 9.83. The van der Waals surface area contributed by atoms with Crippen LogP contribution in [0, 0.1) is 0 Å². The maximum Gasteiger partial charge on any atom is 0.498 e. The van der Waals surface area contributed by atoms with Gasteiger partial charge in [0.1, 0.15) is 5.25 Å². The Morgan fingerprint density at radius 3 is 2.27 bits per heavy atom. The third-order valence-corrected chi connectivity index (χ3v) is 10.1. The Hall–Kier alpha value is -0.640. The van der Waals surface area contributed by atoms with Gasteiger partial charge in [0, 0.05) is 6.42 Å². The van der Waals surface area contributed by atoms with Crippen molar-refractivity contribution in [2.45, 2.75) is 67.2 Å². The number of Topliss-reactive ketones (excluding diaryl/α,β-unsaturated/α-hetero) is 1. The second-order valence-electron chi connectivity index (χ2n) is 5.58. The molecule has 1 aliphatic heterocycles. The van der Waals surface area contributed by atoms with Crippen LogP contribution in [-0.2, 0) is 24.5 Å². The molecule has 130 valence electrons. The van der Waals surface area contributed by atoms with Crippen molar-refractivity contribution >= 4 is 25.5 Å². The van der Waals surface area contributed by atoms with Crippen molar-refractivity contribution < 1.29 is 34.8 Å². The van der Waals surface area contributed by atoms with E-state index in [0.29, 0.717) is 19.8 Å². The predicted molar refractivity (Wildman–Crippen MR) is 74.5 cm³/mol.